The number of fused-ring (bicyclic) bond motifs is 3. The standard InChI is InChI=1S/C27H21F3N4/c1-3-5-21-11-10-19-16-32-24-13-12-23(18-9-8-17(2)31-15-18)33-25(24)26(19)34(21)22-7-4-6-20(14-22)27(28,29)30/h4-16H,3H2,1-2H3. The van der Waals surface area contributed by atoms with Gasteiger partial charge in [0.05, 0.1) is 22.5 Å². The lowest BCUT2D eigenvalue weighted by Gasteiger charge is -2.31. The number of nitrogens with zero attached hydrogens (tertiary/aromatic N) is 4. The molecule has 0 saturated carbocycles. The summed E-state index contributed by atoms with van der Waals surface area (Å²) in [5, 5.41) is 0. The Morgan fingerprint density at radius 3 is 2.56 bits per heavy atom. The van der Waals surface area contributed by atoms with Crippen LogP contribution in [0.15, 0.2) is 78.8 Å². The molecule has 4 aromatic rings. The van der Waals surface area contributed by atoms with Crippen LogP contribution in [-0.2, 0) is 6.18 Å². The normalized spacial score (nSPS) is 14.6. The smallest absolute Gasteiger partial charge is 0.308 e. The summed E-state index contributed by atoms with van der Waals surface area (Å²) in [6.07, 6.45) is 5.58. The number of hydrogen-bond acceptors (Lipinski definition) is 4. The lowest BCUT2D eigenvalue weighted by molar-refractivity contribution is -0.137. The van der Waals surface area contributed by atoms with Crippen molar-refractivity contribution in [1.82, 2.24) is 15.0 Å². The van der Waals surface area contributed by atoms with Crippen LogP contribution < -0.4 is 4.90 Å². The van der Waals surface area contributed by atoms with E-state index in [2.05, 4.69) is 9.97 Å². The van der Waals surface area contributed by atoms with Crippen molar-refractivity contribution in [3.8, 4) is 11.3 Å². The molecule has 0 saturated heterocycles. The van der Waals surface area contributed by atoms with Crippen LogP contribution in [0.1, 0.15) is 30.2 Å². The fourth-order valence-corrected chi connectivity index (χ4v) is 4.05. The Hall–Kier alpha value is -4.00. The number of rotatable bonds is 3. The molecule has 7 heteroatoms. The summed E-state index contributed by atoms with van der Waals surface area (Å²) in [6, 6.07) is 13.0. The van der Waals surface area contributed by atoms with Gasteiger partial charge in [-0.1, -0.05) is 19.1 Å². The minimum atomic E-state index is -4.44. The zero-order chi connectivity index (χ0) is 23.9. The monoisotopic (exact) mass is 458 g/mol. The summed E-state index contributed by atoms with van der Waals surface area (Å²) in [4.78, 5) is 15.6. The molecule has 0 fully saturated rings. The Bertz CT molecular complexity index is 1440. The van der Waals surface area contributed by atoms with Crippen molar-refractivity contribution < 1.29 is 13.2 Å². The minimum absolute atomic E-state index is 0.414. The van der Waals surface area contributed by atoms with Gasteiger partial charge < -0.3 is 4.90 Å². The molecule has 1 aromatic carbocycles. The predicted molar refractivity (Wildman–Crippen MR) is 128 cm³/mol. The first-order valence-corrected chi connectivity index (χ1v) is 10.9. The van der Waals surface area contributed by atoms with Crippen molar-refractivity contribution in [2.75, 3.05) is 4.90 Å². The van der Waals surface area contributed by atoms with E-state index in [1.165, 1.54) is 12.1 Å². The Labute approximate surface area is 195 Å². The third-order valence-corrected chi connectivity index (χ3v) is 5.68. The Kier molecular flexibility index (Phi) is 5.40. The molecule has 5 rings (SSSR count). The number of aryl methyl sites for hydroxylation is 1. The van der Waals surface area contributed by atoms with Crippen molar-refractivity contribution in [2.24, 2.45) is 0 Å². The Morgan fingerprint density at radius 2 is 1.82 bits per heavy atom. The van der Waals surface area contributed by atoms with Crippen LogP contribution in [0.25, 0.3) is 28.4 Å². The molecule has 34 heavy (non-hydrogen) atoms. The average Bonchev–Trinajstić information content (AvgIpc) is 2.83. The van der Waals surface area contributed by atoms with Gasteiger partial charge in [-0.05, 0) is 68.0 Å². The van der Waals surface area contributed by atoms with Crippen molar-refractivity contribution in [3.05, 3.63) is 95.6 Å². The van der Waals surface area contributed by atoms with E-state index in [0.717, 1.165) is 40.7 Å². The number of anilines is 2. The van der Waals surface area contributed by atoms with Gasteiger partial charge in [0.25, 0.3) is 0 Å². The van der Waals surface area contributed by atoms with Gasteiger partial charge in [0.1, 0.15) is 5.52 Å². The number of benzene rings is 1. The van der Waals surface area contributed by atoms with Crippen LogP contribution in [0.5, 0.6) is 0 Å². The summed E-state index contributed by atoms with van der Waals surface area (Å²) in [7, 11) is 0. The van der Waals surface area contributed by atoms with E-state index >= 15 is 0 Å². The maximum atomic E-state index is 13.5. The van der Waals surface area contributed by atoms with Gasteiger partial charge in [0.2, 0.25) is 0 Å². The molecular formula is C27H21F3N4. The fourth-order valence-electron chi connectivity index (χ4n) is 4.05. The van der Waals surface area contributed by atoms with Gasteiger partial charge in [-0.25, -0.2) is 4.98 Å². The quantitative estimate of drug-likeness (QED) is 0.319. The molecule has 1 aliphatic rings. The second kappa shape index (κ2) is 8.41. The van der Waals surface area contributed by atoms with E-state index in [4.69, 9.17) is 4.98 Å². The SMILES string of the molecule is CCC=C1C=Cc2cnc3ccc(-c4ccc(C)nc4)nc3c2N1c1cccc(C(F)(F)F)c1. The Balaban J connectivity index is 1.76. The molecule has 0 amide bonds. The van der Waals surface area contributed by atoms with Gasteiger partial charge in [0, 0.05) is 40.6 Å². The first-order chi connectivity index (χ1) is 16.3. The zero-order valence-corrected chi connectivity index (χ0v) is 18.6. The van der Waals surface area contributed by atoms with Crippen molar-refractivity contribution >= 4 is 28.5 Å². The molecule has 0 spiro atoms. The highest BCUT2D eigenvalue weighted by molar-refractivity contribution is 5.99. The summed E-state index contributed by atoms with van der Waals surface area (Å²) < 4.78 is 40.6. The third kappa shape index (κ3) is 3.94. The molecule has 1 aliphatic heterocycles. The average molecular weight is 458 g/mol. The number of alkyl halides is 3. The van der Waals surface area contributed by atoms with E-state index < -0.39 is 11.7 Å². The highest BCUT2D eigenvalue weighted by Crippen LogP contribution is 2.43. The van der Waals surface area contributed by atoms with Gasteiger partial charge in [0.15, 0.2) is 0 Å². The van der Waals surface area contributed by atoms with Crippen LogP contribution in [0.4, 0.5) is 24.5 Å². The lowest BCUT2D eigenvalue weighted by atomic mass is 10.0. The number of allylic oxidation sites excluding steroid dienone is 2. The minimum Gasteiger partial charge on any atom is -0.308 e. The highest BCUT2D eigenvalue weighted by atomic mass is 19.4. The maximum absolute atomic E-state index is 13.5. The zero-order valence-electron chi connectivity index (χ0n) is 18.6. The van der Waals surface area contributed by atoms with Crippen molar-refractivity contribution in [3.63, 3.8) is 0 Å². The van der Waals surface area contributed by atoms with Crippen molar-refractivity contribution in [1.29, 1.82) is 0 Å². The molecule has 0 N–H and O–H groups in total. The highest BCUT2D eigenvalue weighted by Gasteiger charge is 2.32. The van der Waals surface area contributed by atoms with Gasteiger partial charge >= 0.3 is 6.18 Å². The summed E-state index contributed by atoms with van der Waals surface area (Å²) in [5.74, 6) is 0. The van der Waals surface area contributed by atoms with E-state index in [9.17, 15) is 13.2 Å². The molecular weight excluding hydrogens is 437 g/mol. The molecule has 0 atom stereocenters. The van der Waals surface area contributed by atoms with Crippen LogP contribution in [0, 0.1) is 6.92 Å². The van der Waals surface area contributed by atoms with Crippen LogP contribution in [0.3, 0.4) is 0 Å². The molecule has 0 radical (unpaired) electrons. The number of hydrogen-bond donors (Lipinski definition) is 0. The van der Waals surface area contributed by atoms with E-state index in [0.29, 0.717) is 22.4 Å². The Morgan fingerprint density at radius 1 is 0.971 bits per heavy atom. The van der Waals surface area contributed by atoms with Crippen LogP contribution in [-0.4, -0.2) is 15.0 Å². The molecule has 0 aliphatic carbocycles. The van der Waals surface area contributed by atoms with Crippen LogP contribution >= 0.6 is 0 Å². The van der Waals surface area contributed by atoms with E-state index in [-0.39, 0.29) is 0 Å². The lowest BCUT2D eigenvalue weighted by Crippen LogP contribution is -2.20. The van der Waals surface area contributed by atoms with Gasteiger partial charge in [-0.2, -0.15) is 13.2 Å². The topological polar surface area (TPSA) is 41.9 Å². The number of pyridine rings is 3. The molecule has 0 bridgehead atoms. The summed E-state index contributed by atoms with van der Waals surface area (Å²) in [5.41, 5.74) is 5.72. The second-order valence-electron chi connectivity index (χ2n) is 8.07. The first kappa shape index (κ1) is 21.8. The largest absolute Gasteiger partial charge is 0.416 e. The summed E-state index contributed by atoms with van der Waals surface area (Å²) >= 11 is 0. The van der Waals surface area contributed by atoms with Gasteiger partial charge in [-0.15, -0.1) is 0 Å². The molecule has 3 aromatic heterocycles. The van der Waals surface area contributed by atoms with Gasteiger partial charge in [-0.3, -0.25) is 9.97 Å². The molecule has 4 nitrogen and oxygen atoms in total. The van der Waals surface area contributed by atoms with Crippen LogP contribution in [0.2, 0.25) is 0 Å². The maximum Gasteiger partial charge on any atom is 0.416 e. The molecule has 4 heterocycles. The van der Waals surface area contributed by atoms with E-state index in [1.807, 2.05) is 61.2 Å². The molecule has 170 valence electrons. The third-order valence-electron chi connectivity index (χ3n) is 5.68. The second-order valence-corrected chi connectivity index (χ2v) is 8.07. The molecule has 0 unspecified atom stereocenters. The fraction of sp³-hybridized carbons (Fsp3) is 0.148. The first-order valence-electron chi connectivity index (χ1n) is 10.9. The number of aromatic nitrogens is 3. The van der Waals surface area contributed by atoms with E-state index in [1.54, 1.807) is 18.5 Å². The number of halogens is 3. The summed E-state index contributed by atoms with van der Waals surface area (Å²) in [6.45, 7) is 3.91. The predicted octanol–water partition coefficient (Wildman–Crippen LogP) is 7.48. The van der Waals surface area contributed by atoms with Crippen molar-refractivity contribution in [2.45, 2.75) is 26.4 Å².